The van der Waals surface area contributed by atoms with Gasteiger partial charge in [-0.05, 0) is 35.2 Å². The van der Waals surface area contributed by atoms with Crippen molar-refractivity contribution >= 4 is 11.3 Å². The number of hydrogen-bond acceptors (Lipinski definition) is 5. The Kier molecular flexibility index (Phi) is 3.20. The monoisotopic (exact) mass is 269 g/mol. The second kappa shape index (κ2) is 4.58. The fourth-order valence-corrected chi connectivity index (χ4v) is 3.62. The van der Waals surface area contributed by atoms with Crippen molar-refractivity contribution in [2.45, 2.75) is 43.1 Å². The van der Waals surface area contributed by atoms with E-state index in [4.69, 9.17) is 15.2 Å². The second-order valence-corrected chi connectivity index (χ2v) is 6.03. The molecule has 2 aliphatic rings. The van der Waals surface area contributed by atoms with Gasteiger partial charge >= 0.3 is 0 Å². The number of aliphatic hydroxyl groups is 1. The van der Waals surface area contributed by atoms with Gasteiger partial charge in [0, 0.05) is 12.8 Å². The maximum absolute atomic E-state index is 10.7. The van der Waals surface area contributed by atoms with E-state index in [1.165, 1.54) is 0 Å². The van der Waals surface area contributed by atoms with Crippen molar-refractivity contribution in [3.8, 4) is 0 Å². The molecule has 0 bridgehead atoms. The van der Waals surface area contributed by atoms with E-state index < -0.39 is 11.4 Å². The van der Waals surface area contributed by atoms with Crippen molar-refractivity contribution in [2.75, 3.05) is 13.2 Å². The molecule has 4 nitrogen and oxygen atoms in total. The minimum Gasteiger partial charge on any atom is -0.388 e. The van der Waals surface area contributed by atoms with E-state index in [9.17, 15) is 5.11 Å². The molecule has 5 heteroatoms. The average molecular weight is 269 g/mol. The molecule has 100 valence electrons. The fourth-order valence-electron chi connectivity index (χ4n) is 2.92. The SMILES string of the molecule is NC(c1ccsc1)C1(O)CCC2(CC1)OCCO2. The highest BCUT2D eigenvalue weighted by molar-refractivity contribution is 7.07. The first kappa shape index (κ1) is 12.6. The molecule has 3 N–H and O–H groups in total. The molecule has 1 atom stereocenters. The quantitative estimate of drug-likeness (QED) is 0.859. The van der Waals surface area contributed by atoms with Crippen LogP contribution in [-0.4, -0.2) is 29.7 Å². The van der Waals surface area contributed by atoms with Crippen molar-refractivity contribution in [1.82, 2.24) is 0 Å². The molecular formula is C13H19NO3S. The molecule has 0 radical (unpaired) electrons. The molecule has 3 rings (SSSR count). The number of thiophene rings is 1. The van der Waals surface area contributed by atoms with E-state index >= 15 is 0 Å². The number of ether oxygens (including phenoxy) is 2. The Morgan fingerprint density at radius 1 is 1.22 bits per heavy atom. The van der Waals surface area contributed by atoms with Crippen LogP contribution < -0.4 is 5.73 Å². The van der Waals surface area contributed by atoms with Crippen molar-refractivity contribution in [3.05, 3.63) is 22.4 Å². The molecule has 2 heterocycles. The lowest BCUT2D eigenvalue weighted by Gasteiger charge is -2.43. The van der Waals surface area contributed by atoms with Gasteiger partial charge in [-0.15, -0.1) is 0 Å². The summed E-state index contributed by atoms with van der Waals surface area (Å²) in [5.41, 5.74) is 6.40. The summed E-state index contributed by atoms with van der Waals surface area (Å²) >= 11 is 1.61. The number of hydrogen-bond donors (Lipinski definition) is 2. The standard InChI is InChI=1S/C13H19NO3S/c14-11(10-1-8-18-9-10)12(15)2-4-13(5-3-12)16-6-7-17-13/h1,8-9,11,15H,2-7,14H2. The van der Waals surface area contributed by atoms with Crippen LogP contribution in [0.5, 0.6) is 0 Å². The van der Waals surface area contributed by atoms with Crippen LogP contribution in [0.1, 0.15) is 37.3 Å². The highest BCUT2D eigenvalue weighted by Crippen LogP contribution is 2.44. The molecule has 1 aliphatic heterocycles. The van der Waals surface area contributed by atoms with Gasteiger partial charge in [0.05, 0.1) is 24.9 Å². The summed E-state index contributed by atoms with van der Waals surface area (Å²) < 4.78 is 11.3. The van der Waals surface area contributed by atoms with E-state index in [2.05, 4.69) is 0 Å². The molecule has 1 unspecified atom stereocenters. The summed E-state index contributed by atoms with van der Waals surface area (Å²) in [5.74, 6) is -0.444. The highest BCUT2D eigenvalue weighted by Gasteiger charge is 2.48. The van der Waals surface area contributed by atoms with Crippen molar-refractivity contribution in [1.29, 1.82) is 0 Å². The Morgan fingerprint density at radius 3 is 2.44 bits per heavy atom. The van der Waals surface area contributed by atoms with Crippen LogP contribution in [-0.2, 0) is 9.47 Å². The van der Waals surface area contributed by atoms with E-state index in [1.54, 1.807) is 11.3 Å². The van der Waals surface area contributed by atoms with Gasteiger partial charge in [0.2, 0.25) is 0 Å². The van der Waals surface area contributed by atoms with Crippen molar-refractivity contribution in [3.63, 3.8) is 0 Å². The summed E-state index contributed by atoms with van der Waals surface area (Å²) in [4.78, 5) is 0. The normalized spacial score (nSPS) is 27.4. The Balaban J connectivity index is 1.70. The van der Waals surface area contributed by atoms with Crippen LogP contribution in [0.4, 0.5) is 0 Å². The first-order valence-electron chi connectivity index (χ1n) is 6.42. The van der Waals surface area contributed by atoms with E-state index in [1.807, 2.05) is 16.8 Å². The average Bonchev–Trinajstić information content (AvgIpc) is 3.05. The predicted molar refractivity (Wildman–Crippen MR) is 69.3 cm³/mol. The fraction of sp³-hybridized carbons (Fsp3) is 0.692. The van der Waals surface area contributed by atoms with Gasteiger partial charge in [-0.1, -0.05) is 0 Å². The van der Waals surface area contributed by atoms with Crippen LogP contribution in [0, 0.1) is 0 Å². The zero-order chi connectivity index (χ0) is 12.6. The third-order valence-corrected chi connectivity index (χ3v) is 4.87. The van der Waals surface area contributed by atoms with Crippen LogP contribution in [0.15, 0.2) is 16.8 Å². The van der Waals surface area contributed by atoms with Crippen molar-refractivity contribution < 1.29 is 14.6 Å². The van der Waals surface area contributed by atoms with Gasteiger partial charge in [0.25, 0.3) is 0 Å². The molecule has 18 heavy (non-hydrogen) atoms. The first-order valence-corrected chi connectivity index (χ1v) is 7.36. The minimum absolute atomic E-state index is 0.317. The maximum atomic E-state index is 10.7. The Labute approximate surface area is 111 Å². The Bertz CT molecular complexity index is 390. The molecule has 0 aromatic carbocycles. The van der Waals surface area contributed by atoms with Crippen LogP contribution in [0.25, 0.3) is 0 Å². The van der Waals surface area contributed by atoms with Gasteiger partial charge in [-0.3, -0.25) is 0 Å². The van der Waals surface area contributed by atoms with Gasteiger partial charge in [0.15, 0.2) is 5.79 Å². The van der Waals surface area contributed by atoms with Crippen LogP contribution in [0.2, 0.25) is 0 Å². The summed E-state index contributed by atoms with van der Waals surface area (Å²) in [7, 11) is 0. The largest absolute Gasteiger partial charge is 0.388 e. The first-order chi connectivity index (χ1) is 8.64. The molecular weight excluding hydrogens is 250 g/mol. The zero-order valence-electron chi connectivity index (χ0n) is 10.3. The van der Waals surface area contributed by atoms with Crippen LogP contribution >= 0.6 is 11.3 Å². The zero-order valence-corrected chi connectivity index (χ0v) is 11.1. The van der Waals surface area contributed by atoms with Gasteiger partial charge in [-0.2, -0.15) is 11.3 Å². The third-order valence-electron chi connectivity index (χ3n) is 4.17. The highest BCUT2D eigenvalue weighted by atomic mass is 32.1. The lowest BCUT2D eigenvalue weighted by Crippen LogP contribution is -2.49. The molecule has 1 aliphatic carbocycles. The Hall–Kier alpha value is -0.460. The molecule has 1 saturated carbocycles. The molecule has 1 aromatic rings. The van der Waals surface area contributed by atoms with Crippen molar-refractivity contribution in [2.24, 2.45) is 5.73 Å². The summed E-state index contributed by atoms with van der Waals surface area (Å²) in [6, 6.07) is 1.67. The molecule has 1 spiro atoms. The predicted octanol–water partition coefficient (Wildman–Crippen LogP) is 1.80. The lowest BCUT2D eigenvalue weighted by atomic mass is 9.75. The second-order valence-electron chi connectivity index (χ2n) is 5.25. The van der Waals surface area contributed by atoms with Crippen LogP contribution in [0.3, 0.4) is 0 Å². The van der Waals surface area contributed by atoms with Gasteiger partial charge in [-0.25, -0.2) is 0 Å². The smallest absolute Gasteiger partial charge is 0.168 e. The van der Waals surface area contributed by atoms with E-state index in [0.717, 1.165) is 18.4 Å². The molecule has 1 saturated heterocycles. The summed E-state index contributed by atoms with van der Waals surface area (Å²) in [5, 5.41) is 14.7. The van der Waals surface area contributed by atoms with E-state index in [0.29, 0.717) is 26.1 Å². The van der Waals surface area contributed by atoms with E-state index in [-0.39, 0.29) is 6.04 Å². The van der Waals surface area contributed by atoms with Gasteiger partial charge in [0.1, 0.15) is 0 Å². The molecule has 1 aromatic heterocycles. The minimum atomic E-state index is -0.832. The number of nitrogens with two attached hydrogens (primary N) is 1. The Morgan fingerprint density at radius 2 is 1.89 bits per heavy atom. The summed E-state index contributed by atoms with van der Waals surface area (Å²) in [6.45, 7) is 1.32. The number of rotatable bonds is 2. The molecule has 2 fully saturated rings. The molecule has 0 amide bonds. The lowest BCUT2D eigenvalue weighted by molar-refractivity contribution is -0.205. The summed E-state index contributed by atoms with van der Waals surface area (Å²) in [6.07, 6.45) is 2.71. The topological polar surface area (TPSA) is 64.7 Å². The van der Waals surface area contributed by atoms with Gasteiger partial charge < -0.3 is 20.3 Å². The third kappa shape index (κ3) is 2.10. The maximum Gasteiger partial charge on any atom is 0.168 e.